The standard InChI is InChI=1S/C29H28N4O2S/c1-3-20-11-15-23(16-12-20)30-27(34)18-26-28(35)31-29(36-26)33-25(22-13-9-19(2)10-14-22)17-24(32-33)21-7-5-4-6-8-21/h4-16,25-26H,3,17-18H2,1-2H3,(H,30,34). The molecule has 0 spiro atoms. The highest BCUT2D eigenvalue weighted by molar-refractivity contribution is 8.15. The molecule has 2 amide bonds. The number of hydrogen-bond donors (Lipinski definition) is 1. The number of benzene rings is 3. The largest absolute Gasteiger partial charge is 0.326 e. The van der Waals surface area contributed by atoms with Crippen molar-refractivity contribution in [3.05, 3.63) is 101 Å². The van der Waals surface area contributed by atoms with Crippen LogP contribution in [0.4, 0.5) is 5.69 Å². The fraction of sp³-hybridized carbons (Fsp3) is 0.241. The minimum absolute atomic E-state index is 0.0598. The van der Waals surface area contributed by atoms with Crippen LogP contribution in [0.25, 0.3) is 0 Å². The molecule has 2 aliphatic rings. The molecule has 36 heavy (non-hydrogen) atoms. The number of hydrazone groups is 1. The molecular formula is C29H28N4O2S. The van der Waals surface area contributed by atoms with Crippen molar-refractivity contribution >= 4 is 40.1 Å². The Bertz CT molecular complexity index is 1320. The molecule has 0 aromatic heterocycles. The van der Waals surface area contributed by atoms with Gasteiger partial charge in [0.25, 0.3) is 5.91 Å². The Morgan fingerprint density at radius 3 is 2.44 bits per heavy atom. The normalized spacial score (nSPS) is 19.3. The van der Waals surface area contributed by atoms with E-state index < -0.39 is 5.25 Å². The summed E-state index contributed by atoms with van der Waals surface area (Å²) in [4.78, 5) is 29.8. The van der Waals surface area contributed by atoms with Crippen LogP contribution in [0.2, 0.25) is 0 Å². The van der Waals surface area contributed by atoms with Crippen molar-refractivity contribution < 1.29 is 9.59 Å². The molecule has 2 heterocycles. The van der Waals surface area contributed by atoms with Gasteiger partial charge in [0.15, 0.2) is 5.17 Å². The Hall–Kier alpha value is -3.71. The Labute approximate surface area is 215 Å². The summed E-state index contributed by atoms with van der Waals surface area (Å²) in [6.45, 7) is 4.15. The first kappa shape index (κ1) is 24.0. The molecule has 3 aromatic rings. The first-order valence-electron chi connectivity index (χ1n) is 12.2. The number of carbonyl (C=O) groups is 2. The number of hydrogen-bond acceptors (Lipinski definition) is 5. The van der Waals surface area contributed by atoms with Gasteiger partial charge >= 0.3 is 0 Å². The van der Waals surface area contributed by atoms with Gasteiger partial charge in [-0.15, -0.1) is 0 Å². The predicted molar refractivity (Wildman–Crippen MR) is 146 cm³/mol. The number of rotatable bonds is 6. The number of aryl methyl sites for hydroxylation is 2. The molecule has 182 valence electrons. The molecule has 7 heteroatoms. The molecule has 2 atom stereocenters. The van der Waals surface area contributed by atoms with Gasteiger partial charge in [0.1, 0.15) is 5.25 Å². The lowest BCUT2D eigenvalue weighted by Crippen LogP contribution is -2.25. The van der Waals surface area contributed by atoms with E-state index in [-0.39, 0.29) is 24.3 Å². The molecule has 0 fully saturated rings. The van der Waals surface area contributed by atoms with Crippen LogP contribution in [0.3, 0.4) is 0 Å². The molecule has 0 aliphatic carbocycles. The van der Waals surface area contributed by atoms with Crippen molar-refractivity contribution in [1.82, 2.24) is 5.01 Å². The number of nitrogens with zero attached hydrogens (tertiary/aromatic N) is 3. The van der Waals surface area contributed by atoms with E-state index in [0.717, 1.165) is 28.9 Å². The van der Waals surface area contributed by atoms with Gasteiger partial charge in [-0.2, -0.15) is 10.1 Å². The predicted octanol–water partition coefficient (Wildman–Crippen LogP) is 5.74. The van der Waals surface area contributed by atoms with Crippen molar-refractivity contribution in [2.24, 2.45) is 10.1 Å². The summed E-state index contributed by atoms with van der Waals surface area (Å²) < 4.78 is 0. The van der Waals surface area contributed by atoms with E-state index in [1.165, 1.54) is 22.9 Å². The monoisotopic (exact) mass is 496 g/mol. The van der Waals surface area contributed by atoms with Gasteiger partial charge < -0.3 is 5.32 Å². The first-order valence-corrected chi connectivity index (χ1v) is 13.0. The minimum Gasteiger partial charge on any atom is -0.326 e. The highest BCUT2D eigenvalue weighted by Gasteiger charge is 2.39. The molecular weight excluding hydrogens is 468 g/mol. The number of anilines is 1. The summed E-state index contributed by atoms with van der Waals surface area (Å²) in [5.74, 6) is -0.496. The third-order valence-electron chi connectivity index (χ3n) is 6.42. The lowest BCUT2D eigenvalue weighted by atomic mass is 9.98. The highest BCUT2D eigenvalue weighted by atomic mass is 32.2. The van der Waals surface area contributed by atoms with Crippen LogP contribution in [0, 0.1) is 6.92 Å². The molecule has 2 aliphatic heterocycles. The number of amides is 2. The molecule has 1 N–H and O–H groups in total. The smallest absolute Gasteiger partial charge is 0.262 e. The molecule has 0 bridgehead atoms. The van der Waals surface area contributed by atoms with Gasteiger partial charge in [-0.3, -0.25) is 9.59 Å². The Morgan fingerprint density at radius 2 is 1.75 bits per heavy atom. The van der Waals surface area contributed by atoms with E-state index >= 15 is 0 Å². The second-order valence-electron chi connectivity index (χ2n) is 9.03. The number of carbonyl (C=O) groups excluding carboxylic acids is 2. The van der Waals surface area contributed by atoms with Gasteiger partial charge in [0, 0.05) is 18.5 Å². The zero-order valence-corrected chi connectivity index (χ0v) is 21.2. The van der Waals surface area contributed by atoms with Gasteiger partial charge in [0.2, 0.25) is 5.91 Å². The summed E-state index contributed by atoms with van der Waals surface area (Å²) >= 11 is 1.32. The summed E-state index contributed by atoms with van der Waals surface area (Å²) in [6.07, 6.45) is 1.71. The van der Waals surface area contributed by atoms with Crippen molar-refractivity contribution in [1.29, 1.82) is 0 Å². The van der Waals surface area contributed by atoms with E-state index in [1.54, 1.807) is 0 Å². The van der Waals surface area contributed by atoms with Crippen molar-refractivity contribution in [2.75, 3.05) is 5.32 Å². The van der Waals surface area contributed by atoms with Crippen molar-refractivity contribution in [3.8, 4) is 0 Å². The molecule has 2 unspecified atom stereocenters. The van der Waals surface area contributed by atoms with Crippen molar-refractivity contribution in [2.45, 2.75) is 44.4 Å². The highest BCUT2D eigenvalue weighted by Crippen LogP contribution is 2.38. The number of aliphatic imine (C=N–C) groups is 1. The fourth-order valence-corrected chi connectivity index (χ4v) is 5.41. The van der Waals surface area contributed by atoms with Crippen LogP contribution < -0.4 is 5.32 Å². The maximum absolute atomic E-state index is 12.8. The van der Waals surface area contributed by atoms with Gasteiger partial charge in [-0.05, 0) is 42.2 Å². The first-order chi connectivity index (χ1) is 17.5. The van der Waals surface area contributed by atoms with E-state index in [9.17, 15) is 9.59 Å². The minimum atomic E-state index is -0.565. The van der Waals surface area contributed by atoms with Crippen LogP contribution in [0.15, 0.2) is 89.0 Å². The maximum Gasteiger partial charge on any atom is 0.262 e. The third kappa shape index (κ3) is 5.26. The SMILES string of the molecule is CCc1ccc(NC(=O)CC2SC(N3N=C(c4ccccc4)CC3c3ccc(C)cc3)=NC2=O)cc1. The fourth-order valence-electron chi connectivity index (χ4n) is 4.35. The lowest BCUT2D eigenvalue weighted by Gasteiger charge is -2.23. The van der Waals surface area contributed by atoms with Crippen LogP contribution in [-0.4, -0.2) is 33.0 Å². The Morgan fingerprint density at radius 1 is 1.03 bits per heavy atom. The summed E-state index contributed by atoms with van der Waals surface area (Å²) in [5.41, 5.74) is 6.24. The molecule has 6 nitrogen and oxygen atoms in total. The number of nitrogens with one attached hydrogen (secondary N) is 1. The Kier molecular flexibility index (Phi) is 7.00. The third-order valence-corrected chi connectivity index (χ3v) is 7.56. The van der Waals surface area contributed by atoms with E-state index in [0.29, 0.717) is 11.6 Å². The lowest BCUT2D eigenvalue weighted by molar-refractivity contribution is -0.121. The quantitative estimate of drug-likeness (QED) is 0.473. The van der Waals surface area contributed by atoms with Crippen molar-refractivity contribution in [3.63, 3.8) is 0 Å². The topological polar surface area (TPSA) is 74.1 Å². The van der Waals surface area contributed by atoms with E-state index in [2.05, 4.69) is 48.4 Å². The summed E-state index contributed by atoms with van der Waals surface area (Å²) in [7, 11) is 0. The van der Waals surface area contributed by atoms with Gasteiger partial charge in [0.05, 0.1) is 11.8 Å². The van der Waals surface area contributed by atoms with Crippen LogP contribution >= 0.6 is 11.8 Å². The van der Waals surface area contributed by atoms with Crippen LogP contribution in [0.5, 0.6) is 0 Å². The van der Waals surface area contributed by atoms with E-state index in [4.69, 9.17) is 5.10 Å². The van der Waals surface area contributed by atoms with E-state index in [1.807, 2.05) is 59.6 Å². The summed E-state index contributed by atoms with van der Waals surface area (Å²) in [6, 6.07) is 26.1. The molecule has 3 aromatic carbocycles. The molecule has 5 rings (SSSR count). The van der Waals surface area contributed by atoms with Gasteiger partial charge in [-0.25, -0.2) is 5.01 Å². The zero-order valence-electron chi connectivity index (χ0n) is 20.3. The van der Waals surface area contributed by atoms with Gasteiger partial charge in [-0.1, -0.05) is 91.0 Å². The molecule has 0 radical (unpaired) electrons. The van der Waals surface area contributed by atoms with Crippen LogP contribution in [-0.2, 0) is 16.0 Å². The zero-order chi connectivity index (χ0) is 25.1. The molecule has 0 saturated carbocycles. The number of thioether (sulfide) groups is 1. The second-order valence-corrected chi connectivity index (χ2v) is 10.2. The second kappa shape index (κ2) is 10.5. The summed E-state index contributed by atoms with van der Waals surface area (Å²) in [5, 5.41) is 9.63. The van der Waals surface area contributed by atoms with Crippen LogP contribution in [0.1, 0.15) is 48.1 Å². The average Bonchev–Trinajstić information content (AvgIpc) is 3.49. The maximum atomic E-state index is 12.8. The molecule has 0 saturated heterocycles. The number of amidine groups is 1. The average molecular weight is 497 g/mol. The Balaban J connectivity index is 1.32.